The van der Waals surface area contributed by atoms with Crippen molar-refractivity contribution in [3.05, 3.63) is 30.3 Å². The molecule has 0 aromatic heterocycles. The van der Waals surface area contributed by atoms with Crippen molar-refractivity contribution in [3.8, 4) is 5.75 Å². The smallest absolute Gasteiger partial charge is 0.157 e. The second-order valence-corrected chi connectivity index (χ2v) is 1.79. The minimum absolute atomic E-state index is 0.129. The number of ether oxygens (including phenoxy) is 1. The number of aliphatic hydroxyl groups is 1. The van der Waals surface area contributed by atoms with Crippen molar-refractivity contribution in [3.63, 3.8) is 0 Å². The maximum atomic E-state index is 9.85. The number of carbonyl (C=O) groups is 1. The van der Waals surface area contributed by atoms with Gasteiger partial charge in [0.2, 0.25) is 0 Å². The second kappa shape index (κ2) is 7.75. The summed E-state index contributed by atoms with van der Waals surface area (Å²) in [5, 5.41) is 7.00. The Bertz CT molecular complexity index is 196. The lowest BCUT2D eigenvalue weighted by Crippen LogP contribution is -1.96. The minimum Gasteiger partial charge on any atom is -0.486 e. The molecule has 0 aliphatic heterocycles. The molecule has 0 heterocycles. The van der Waals surface area contributed by atoms with Crippen molar-refractivity contribution >= 4 is 6.29 Å². The number of carbonyl (C=O) groups excluding carboxylic acids is 1. The monoisotopic (exact) mass is 168 g/mol. The fraction of sp³-hybridized carbons (Fsp3) is 0.222. The van der Waals surface area contributed by atoms with E-state index in [1.807, 2.05) is 30.3 Å². The van der Waals surface area contributed by atoms with Crippen molar-refractivity contribution in [1.82, 2.24) is 0 Å². The summed E-state index contributed by atoms with van der Waals surface area (Å²) in [6.45, 7) is 0.129. The molecule has 1 aromatic rings. The first-order valence-electron chi connectivity index (χ1n) is 3.49. The van der Waals surface area contributed by atoms with Gasteiger partial charge in [-0.05, 0) is 12.1 Å². The van der Waals surface area contributed by atoms with E-state index in [1.54, 1.807) is 0 Å². The quantitative estimate of drug-likeness (QED) is 0.681. The van der Waals surface area contributed by atoms with Gasteiger partial charge in [-0.25, -0.2) is 0 Å². The Morgan fingerprint density at radius 3 is 2.42 bits per heavy atom. The van der Waals surface area contributed by atoms with Crippen LogP contribution in [0.2, 0.25) is 0 Å². The van der Waals surface area contributed by atoms with Crippen LogP contribution in [-0.2, 0) is 4.79 Å². The molecule has 0 aliphatic rings. The Labute approximate surface area is 71.6 Å². The SMILES string of the molecule is CO.O=CCOc1ccccc1. The Kier molecular flexibility index (Phi) is 6.88. The maximum absolute atomic E-state index is 9.85. The van der Waals surface area contributed by atoms with Gasteiger partial charge < -0.3 is 9.84 Å². The van der Waals surface area contributed by atoms with Crippen LogP contribution >= 0.6 is 0 Å². The lowest BCUT2D eigenvalue weighted by molar-refractivity contribution is -0.109. The van der Waals surface area contributed by atoms with E-state index in [1.165, 1.54) is 0 Å². The molecule has 0 atom stereocenters. The van der Waals surface area contributed by atoms with Crippen molar-refractivity contribution in [1.29, 1.82) is 0 Å². The number of hydrogen-bond acceptors (Lipinski definition) is 3. The van der Waals surface area contributed by atoms with E-state index in [4.69, 9.17) is 9.84 Å². The Hall–Kier alpha value is -1.35. The summed E-state index contributed by atoms with van der Waals surface area (Å²) in [6, 6.07) is 9.24. The first kappa shape index (κ1) is 10.7. The molecule has 66 valence electrons. The standard InChI is InChI=1S/C8H8O2.CH4O/c9-6-7-10-8-4-2-1-3-5-8;1-2/h1-6H,7H2;2H,1H3. The third kappa shape index (κ3) is 4.46. The summed E-state index contributed by atoms with van der Waals surface area (Å²) >= 11 is 0. The number of aldehydes is 1. The summed E-state index contributed by atoms with van der Waals surface area (Å²) in [4.78, 5) is 9.85. The number of aliphatic hydroxyl groups excluding tert-OH is 1. The molecule has 0 bridgehead atoms. The summed E-state index contributed by atoms with van der Waals surface area (Å²) in [5.74, 6) is 0.731. The molecular formula is C9H12O3. The number of para-hydroxylation sites is 1. The molecule has 0 fully saturated rings. The summed E-state index contributed by atoms with van der Waals surface area (Å²) in [6.07, 6.45) is 0.729. The molecule has 0 spiro atoms. The highest BCUT2D eigenvalue weighted by atomic mass is 16.5. The third-order valence-electron chi connectivity index (χ3n) is 1.06. The highest BCUT2D eigenvalue weighted by Gasteiger charge is 1.86. The molecule has 1 N–H and O–H groups in total. The molecule has 12 heavy (non-hydrogen) atoms. The van der Waals surface area contributed by atoms with Gasteiger partial charge in [0.05, 0.1) is 0 Å². The van der Waals surface area contributed by atoms with E-state index in [0.29, 0.717) is 0 Å². The minimum atomic E-state index is 0.129. The first-order chi connectivity index (χ1) is 5.93. The van der Waals surface area contributed by atoms with Crippen LogP contribution in [0.25, 0.3) is 0 Å². The average Bonchev–Trinajstić information content (AvgIpc) is 2.19. The molecule has 0 saturated heterocycles. The van der Waals surface area contributed by atoms with Crippen molar-refractivity contribution < 1.29 is 14.6 Å². The van der Waals surface area contributed by atoms with Crippen LogP contribution in [0.5, 0.6) is 5.75 Å². The van der Waals surface area contributed by atoms with Crippen LogP contribution in [0.4, 0.5) is 0 Å². The molecule has 1 aromatic carbocycles. The van der Waals surface area contributed by atoms with Gasteiger partial charge in [0, 0.05) is 7.11 Å². The van der Waals surface area contributed by atoms with E-state index in [9.17, 15) is 4.79 Å². The number of benzene rings is 1. The lowest BCUT2D eigenvalue weighted by atomic mass is 10.3. The highest BCUT2D eigenvalue weighted by Crippen LogP contribution is 2.06. The zero-order valence-electron chi connectivity index (χ0n) is 6.93. The van der Waals surface area contributed by atoms with E-state index >= 15 is 0 Å². The van der Waals surface area contributed by atoms with Crippen LogP contribution in [0.1, 0.15) is 0 Å². The third-order valence-corrected chi connectivity index (χ3v) is 1.06. The van der Waals surface area contributed by atoms with Crippen LogP contribution in [0, 0.1) is 0 Å². The van der Waals surface area contributed by atoms with E-state index in [-0.39, 0.29) is 6.61 Å². The maximum Gasteiger partial charge on any atom is 0.157 e. The average molecular weight is 168 g/mol. The molecule has 0 unspecified atom stereocenters. The predicted octanol–water partition coefficient (Wildman–Crippen LogP) is 0.873. The normalized spacial score (nSPS) is 7.83. The molecule has 1 rings (SSSR count). The Balaban J connectivity index is 0.000000561. The van der Waals surface area contributed by atoms with Crippen LogP contribution in [0.3, 0.4) is 0 Å². The van der Waals surface area contributed by atoms with Gasteiger partial charge in [-0.1, -0.05) is 18.2 Å². The molecule has 3 heteroatoms. The van der Waals surface area contributed by atoms with Crippen molar-refractivity contribution in [2.45, 2.75) is 0 Å². The largest absolute Gasteiger partial charge is 0.486 e. The van der Waals surface area contributed by atoms with Gasteiger partial charge in [0.1, 0.15) is 12.4 Å². The van der Waals surface area contributed by atoms with Gasteiger partial charge in [-0.3, -0.25) is 4.79 Å². The molecular weight excluding hydrogens is 156 g/mol. The second-order valence-electron chi connectivity index (χ2n) is 1.79. The first-order valence-corrected chi connectivity index (χ1v) is 3.49. The van der Waals surface area contributed by atoms with Gasteiger partial charge in [0.25, 0.3) is 0 Å². The summed E-state index contributed by atoms with van der Waals surface area (Å²) in [7, 11) is 1.00. The van der Waals surface area contributed by atoms with Gasteiger partial charge in [-0.15, -0.1) is 0 Å². The summed E-state index contributed by atoms with van der Waals surface area (Å²) < 4.78 is 4.99. The van der Waals surface area contributed by atoms with Crippen molar-refractivity contribution in [2.24, 2.45) is 0 Å². The zero-order chi connectivity index (χ0) is 9.23. The van der Waals surface area contributed by atoms with Crippen molar-refractivity contribution in [2.75, 3.05) is 13.7 Å². The van der Waals surface area contributed by atoms with Crippen LogP contribution in [-0.4, -0.2) is 25.1 Å². The van der Waals surface area contributed by atoms with Gasteiger partial charge in [0.15, 0.2) is 6.29 Å². The van der Waals surface area contributed by atoms with E-state index in [2.05, 4.69) is 0 Å². The fourth-order valence-corrected chi connectivity index (χ4v) is 0.647. The van der Waals surface area contributed by atoms with Gasteiger partial charge >= 0.3 is 0 Å². The number of hydrogen-bond donors (Lipinski definition) is 1. The fourth-order valence-electron chi connectivity index (χ4n) is 0.647. The lowest BCUT2D eigenvalue weighted by Gasteiger charge is -1.98. The molecule has 0 saturated carbocycles. The van der Waals surface area contributed by atoms with E-state index in [0.717, 1.165) is 19.1 Å². The zero-order valence-corrected chi connectivity index (χ0v) is 6.93. The summed E-state index contributed by atoms with van der Waals surface area (Å²) in [5.41, 5.74) is 0. The number of rotatable bonds is 3. The Morgan fingerprint density at radius 2 is 1.92 bits per heavy atom. The molecule has 0 aliphatic carbocycles. The topological polar surface area (TPSA) is 46.5 Å². The van der Waals surface area contributed by atoms with Gasteiger partial charge in [-0.2, -0.15) is 0 Å². The molecule has 0 amide bonds. The van der Waals surface area contributed by atoms with E-state index < -0.39 is 0 Å². The highest BCUT2D eigenvalue weighted by molar-refractivity contribution is 5.51. The van der Waals surface area contributed by atoms with Crippen LogP contribution < -0.4 is 4.74 Å². The molecule has 3 nitrogen and oxygen atoms in total. The molecule has 0 radical (unpaired) electrons. The Morgan fingerprint density at radius 1 is 1.33 bits per heavy atom. The van der Waals surface area contributed by atoms with Crippen LogP contribution in [0.15, 0.2) is 30.3 Å². The predicted molar refractivity (Wildman–Crippen MR) is 46.1 cm³/mol.